The van der Waals surface area contributed by atoms with Crippen LogP contribution >= 0.6 is 0 Å². The van der Waals surface area contributed by atoms with Gasteiger partial charge < -0.3 is 10.2 Å². The molecule has 0 radical (unpaired) electrons. The molecule has 2 aromatic carbocycles. The first kappa shape index (κ1) is 21.0. The van der Waals surface area contributed by atoms with Gasteiger partial charge in [-0.25, -0.2) is 13.1 Å². The van der Waals surface area contributed by atoms with Gasteiger partial charge in [0.25, 0.3) is 0 Å². The Balaban J connectivity index is 1.53. The van der Waals surface area contributed by atoms with Gasteiger partial charge in [-0.05, 0) is 42.7 Å². The van der Waals surface area contributed by atoms with Crippen LogP contribution in [0.15, 0.2) is 59.5 Å². The number of sulfonamides is 1. The van der Waals surface area contributed by atoms with Crippen molar-refractivity contribution in [1.82, 2.24) is 9.62 Å². The van der Waals surface area contributed by atoms with E-state index in [0.717, 1.165) is 5.56 Å². The SMILES string of the molecule is CC(=O)Nc1ccc(S(=O)(=O)NC2CCN(C(=O)Cc3ccccc3)CC2)cc1. The molecule has 1 heterocycles. The minimum atomic E-state index is -3.66. The van der Waals surface area contributed by atoms with E-state index in [0.29, 0.717) is 38.0 Å². The quantitative estimate of drug-likeness (QED) is 0.756. The molecule has 0 spiro atoms. The van der Waals surface area contributed by atoms with Crippen LogP contribution in [-0.4, -0.2) is 44.3 Å². The second kappa shape index (κ2) is 9.19. The number of amides is 2. The Bertz CT molecular complexity index is 951. The fourth-order valence-corrected chi connectivity index (χ4v) is 4.64. The van der Waals surface area contributed by atoms with E-state index in [-0.39, 0.29) is 22.8 Å². The summed E-state index contributed by atoms with van der Waals surface area (Å²) in [6.45, 7) is 2.45. The molecule has 3 rings (SSSR count). The molecule has 7 nitrogen and oxygen atoms in total. The molecule has 0 aliphatic carbocycles. The Morgan fingerprint density at radius 2 is 1.62 bits per heavy atom. The Hall–Kier alpha value is -2.71. The van der Waals surface area contributed by atoms with Crippen LogP contribution in [0, 0.1) is 0 Å². The Kier molecular flexibility index (Phi) is 6.66. The summed E-state index contributed by atoms with van der Waals surface area (Å²) in [4.78, 5) is 25.5. The number of nitrogens with one attached hydrogen (secondary N) is 2. The predicted octanol–water partition coefficient (Wildman–Crippen LogP) is 2.16. The molecule has 2 N–H and O–H groups in total. The van der Waals surface area contributed by atoms with Crippen LogP contribution in [0.3, 0.4) is 0 Å². The maximum atomic E-state index is 12.6. The number of nitrogens with zero attached hydrogens (tertiary/aromatic N) is 1. The summed E-state index contributed by atoms with van der Waals surface area (Å²) < 4.78 is 28.0. The third-order valence-electron chi connectivity index (χ3n) is 4.85. The zero-order valence-electron chi connectivity index (χ0n) is 16.3. The number of anilines is 1. The second-order valence-electron chi connectivity index (χ2n) is 7.14. The van der Waals surface area contributed by atoms with Gasteiger partial charge in [0.15, 0.2) is 0 Å². The summed E-state index contributed by atoms with van der Waals surface area (Å²) in [5, 5.41) is 2.61. The number of carbonyl (C=O) groups excluding carboxylic acids is 2. The minimum Gasteiger partial charge on any atom is -0.342 e. The summed E-state index contributed by atoms with van der Waals surface area (Å²) in [5.41, 5.74) is 1.52. The highest BCUT2D eigenvalue weighted by atomic mass is 32.2. The lowest BCUT2D eigenvalue weighted by atomic mass is 10.0. The Morgan fingerprint density at radius 1 is 1.00 bits per heavy atom. The summed E-state index contributed by atoms with van der Waals surface area (Å²) in [6, 6.07) is 15.4. The number of carbonyl (C=O) groups is 2. The van der Waals surface area contributed by atoms with Crippen LogP contribution in [0.5, 0.6) is 0 Å². The average Bonchev–Trinajstić information content (AvgIpc) is 2.69. The van der Waals surface area contributed by atoms with E-state index in [4.69, 9.17) is 0 Å². The number of rotatable bonds is 6. The smallest absolute Gasteiger partial charge is 0.240 e. The predicted molar refractivity (Wildman–Crippen MR) is 111 cm³/mol. The molecule has 1 saturated heterocycles. The highest BCUT2D eigenvalue weighted by Gasteiger charge is 2.26. The molecule has 2 aromatic rings. The van der Waals surface area contributed by atoms with Crippen molar-refractivity contribution in [3.05, 3.63) is 60.2 Å². The maximum absolute atomic E-state index is 12.6. The van der Waals surface area contributed by atoms with E-state index in [2.05, 4.69) is 10.0 Å². The lowest BCUT2D eigenvalue weighted by Crippen LogP contribution is -2.46. The zero-order chi connectivity index (χ0) is 20.9. The topological polar surface area (TPSA) is 95.6 Å². The highest BCUT2D eigenvalue weighted by molar-refractivity contribution is 7.89. The molecular formula is C21H25N3O4S. The fraction of sp³-hybridized carbons (Fsp3) is 0.333. The van der Waals surface area contributed by atoms with Gasteiger partial charge in [-0.2, -0.15) is 0 Å². The summed E-state index contributed by atoms with van der Waals surface area (Å²) in [6.07, 6.45) is 1.51. The molecule has 1 aliphatic heterocycles. The van der Waals surface area contributed by atoms with Crippen molar-refractivity contribution in [2.24, 2.45) is 0 Å². The molecule has 1 aliphatic rings. The molecule has 29 heavy (non-hydrogen) atoms. The molecule has 2 amide bonds. The van der Waals surface area contributed by atoms with Crippen LogP contribution in [-0.2, 0) is 26.0 Å². The number of piperidine rings is 1. The van der Waals surface area contributed by atoms with Gasteiger partial charge in [0.1, 0.15) is 0 Å². The lowest BCUT2D eigenvalue weighted by molar-refractivity contribution is -0.131. The molecule has 1 fully saturated rings. The van der Waals surface area contributed by atoms with Crippen molar-refractivity contribution >= 4 is 27.5 Å². The second-order valence-corrected chi connectivity index (χ2v) is 8.86. The summed E-state index contributed by atoms with van der Waals surface area (Å²) in [5.74, 6) is -0.154. The third kappa shape index (κ3) is 5.88. The normalized spacial score (nSPS) is 15.1. The number of benzene rings is 2. The van der Waals surface area contributed by atoms with Crippen molar-refractivity contribution in [3.63, 3.8) is 0 Å². The zero-order valence-corrected chi connectivity index (χ0v) is 17.1. The molecule has 154 valence electrons. The van der Waals surface area contributed by atoms with E-state index in [1.807, 2.05) is 30.3 Å². The third-order valence-corrected chi connectivity index (χ3v) is 6.39. The molecule has 0 saturated carbocycles. The van der Waals surface area contributed by atoms with Gasteiger partial charge in [-0.15, -0.1) is 0 Å². The van der Waals surface area contributed by atoms with E-state index < -0.39 is 10.0 Å². The van der Waals surface area contributed by atoms with E-state index in [9.17, 15) is 18.0 Å². The Morgan fingerprint density at radius 3 is 2.21 bits per heavy atom. The van der Waals surface area contributed by atoms with E-state index in [1.165, 1.54) is 19.1 Å². The highest BCUT2D eigenvalue weighted by Crippen LogP contribution is 2.18. The molecule has 0 bridgehead atoms. The van der Waals surface area contributed by atoms with Gasteiger partial charge in [0.2, 0.25) is 21.8 Å². The van der Waals surface area contributed by atoms with Gasteiger partial charge in [0.05, 0.1) is 11.3 Å². The fourth-order valence-electron chi connectivity index (χ4n) is 3.34. The van der Waals surface area contributed by atoms with E-state index >= 15 is 0 Å². The largest absolute Gasteiger partial charge is 0.342 e. The molecular weight excluding hydrogens is 390 g/mol. The monoisotopic (exact) mass is 415 g/mol. The maximum Gasteiger partial charge on any atom is 0.240 e. The summed E-state index contributed by atoms with van der Waals surface area (Å²) >= 11 is 0. The number of likely N-dealkylation sites (tertiary alicyclic amines) is 1. The van der Waals surface area contributed by atoms with Gasteiger partial charge >= 0.3 is 0 Å². The summed E-state index contributed by atoms with van der Waals surface area (Å²) in [7, 11) is -3.66. The minimum absolute atomic E-state index is 0.0612. The molecule has 0 aromatic heterocycles. The average molecular weight is 416 g/mol. The number of hydrogen-bond donors (Lipinski definition) is 2. The van der Waals surface area contributed by atoms with Crippen molar-refractivity contribution in [2.75, 3.05) is 18.4 Å². The van der Waals surface area contributed by atoms with Crippen molar-refractivity contribution in [1.29, 1.82) is 0 Å². The van der Waals surface area contributed by atoms with Crippen LogP contribution < -0.4 is 10.0 Å². The number of hydrogen-bond acceptors (Lipinski definition) is 4. The van der Waals surface area contributed by atoms with Crippen LogP contribution in [0.25, 0.3) is 0 Å². The first-order valence-electron chi connectivity index (χ1n) is 9.55. The molecule has 0 atom stereocenters. The Labute approximate surface area is 171 Å². The van der Waals surface area contributed by atoms with Gasteiger partial charge in [-0.1, -0.05) is 30.3 Å². The van der Waals surface area contributed by atoms with Crippen molar-refractivity contribution < 1.29 is 18.0 Å². The van der Waals surface area contributed by atoms with Gasteiger partial charge in [0, 0.05) is 31.7 Å². The van der Waals surface area contributed by atoms with Crippen molar-refractivity contribution in [3.8, 4) is 0 Å². The van der Waals surface area contributed by atoms with Crippen LogP contribution in [0.2, 0.25) is 0 Å². The van der Waals surface area contributed by atoms with E-state index in [1.54, 1.807) is 17.0 Å². The first-order valence-corrected chi connectivity index (χ1v) is 11.0. The standard InChI is InChI=1S/C21H25N3O4S/c1-16(25)22-18-7-9-20(10-8-18)29(27,28)23-19-11-13-24(14-12-19)21(26)15-17-5-3-2-4-6-17/h2-10,19,23H,11-15H2,1H3,(H,22,25). The first-order chi connectivity index (χ1) is 13.8. The van der Waals surface area contributed by atoms with Crippen LogP contribution in [0.4, 0.5) is 5.69 Å². The van der Waals surface area contributed by atoms with Crippen LogP contribution in [0.1, 0.15) is 25.3 Å². The van der Waals surface area contributed by atoms with Crippen molar-refractivity contribution in [2.45, 2.75) is 37.1 Å². The lowest BCUT2D eigenvalue weighted by Gasteiger charge is -2.32. The van der Waals surface area contributed by atoms with Gasteiger partial charge in [-0.3, -0.25) is 9.59 Å². The molecule has 0 unspecified atom stereocenters. The molecule has 8 heteroatoms.